The second-order valence-electron chi connectivity index (χ2n) is 4.04. The third-order valence-electron chi connectivity index (χ3n) is 2.29. The minimum absolute atomic E-state index is 0.00772. The van der Waals surface area contributed by atoms with Crippen LogP contribution in [0.25, 0.3) is 0 Å². The number of allylic oxidation sites excluding steroid dienone is 1. The van der Waals surface area contributed by atoms with Crippen LogP contribution in [-0.4, -0.2) is 11.9 Å². The van der Waals surface area contributed by atoms with Gasteiger partial charge >= 0.3 is 6.11 Å². The molecule has 18 heavy (non-hydrogen) atoms. The summed E-state index contributed by atoms with van der Waals surface area (Å²) in [6.45, 7) is 4.25. The molecule has 0 spiro atoms. The lowest BCUT2D eigenvalue weighted by molar-refractivity contribution is -0.158. The lowest BCUT2D eigenvalue weighted by Crippen LogP contribution is -2.19. The Morgan fingerprint density at radius 2 is 2.00 bits per heavy atom. The maximum atomic E-state index is 12.6. The van der Waals surface area contributed by atoms with Crippen molar-refractivity contribution in [3.63, 3.8) is 0 Å². The van der Waals surface area contributed by atoms with Crippen molar-refractivity contribution in [2.75, 3.05) is 0 Å². The number of benzene rings is 1. The molecule has 0 aliphatic rings. The van der Waals surface area contributed by atoms with Crippen molar-refractivity contribution in [2.45, 2.75) is 32.3 Å². The van der Waals surface area contributed by atoms with E-state index in [1.807, 2.05) is 0 Å². The molecule has 4 heteroatoms. The Morgan fingerprint density at radius 3 is 2.50 bits per heavy atom. The van der Waals surface area contributed by atoms with E-state index in [4.69, 9.17) is 0 Å². The number of rotatable bonds is 7. The summed E-state index contributed by atoms with van der Waals surface area (Å²) >= 11 is 0. The van der Waals surface area contributed by atoms with E-state index >= 15 is 0 Å². The van der Waals surface area contributed by atoms with Gasteiger partial charge in [-0.2, -0.15) is 8.78 Å². The summed E-state index contributed by atoms with van der Waals surface area (Å²) in [5.41, 5.74) is 0.505. The summed E-state index contributed by atoms with van der Waals surface area (Å²) in [4.78, 5) is 11.7. The summed E-state index contributed by atoms with van der Waals surface area (Å²) in [5, 5.41) is 0. The molecule has 0 fully saturated rings. The fraction of sp³-hybridized carbons (Fsp3) is 0.357. The molecule has 1 rings (SSSR count). The molecule has 1 aromatic carbocycles. The molecule has 0 atom stereocenters. The number of alkyl halides is 2. The highest BCUT2D eigenvalue weighted by atomic mass is 19.3. The molecular formula is C14H16F2O2. The average Bonchev–Trinajstić information content (AvgIpc) is 2.28. The number of unbranched alkanes of at least 4 members (excludes halogenated alkanes) is 1. The summed E-state index contributed by atoms with van der Waals surface area (Å²) in [5.74, 6) is 0.0387. The van der Waals surface area contributed by atoms with E-state index in [0.717, 1.165) is 12.8 Å². The fourth-order valence-corrected chi connectivity index (χ4v) is 1.47. The Balaban J connectivity index is 2.59. The summed E-state index contributed by atoms with van der Waals surface area (Å²) < 4.78 is 29.5. The van der Waals surface area contributed by atoms with Crippen molar-refractivity contribution < 1.29 is 18.3 Å². The average molecular weight is 254 g/mol. The molecular weight excluding hydrogens is 238 g/mol. The number of hydrogen-bond acceptors (Lipinski definition) is 2. The van der Waals surface area contributed by atoms with Gasteiger partial charge in [-0.25, -0.2) is 0 Å². The Hall–Kier alpha value is -1.71. The van der Waals surface area contributed by atoms with Crippen LogP contribution in [0.5, 0.6) is 5.75 Å². The standard InChI is InChI=1S/C14H16F2O2/c1-3-4-5-6-13(17)11-7-9-12(10-8-11)18-14(2,15)16/h3,7-10H,1,4-6H2,2H3. The van der Waals surface area contributed by atoms with Crippen LogP contribution in [0.3, 0.4) is 0 Å². The first kappa shape index (κ1) is 14.4. The van der Waals surface area contributed by atoms with Crippen molar-refractivity contribution >= 4 is 5.78 Å². The van der Waals surface area contributed by atoms with Gasteiger partial charge in [-0.05, 0) is 37.1 Å². The van der Waals surface area contributed by atoms with Crippen molar-refractivity contribution in [2.24, 2.45) is 0 Å². The van der Waals surface area contributed by atoms with Crippen LogP contribution in [0.15, 0.2) is 36.9 Å². The molecule has 1 aromatic rings. The highest BCUT2D eigenvalue weighted by Gasteiger charge is 2.23. The third-order valence-corrected chi connectivity index (χ3v) is 2.29. The van der Waals surface area contributed by atoms with Gasteiger partial charge in [0.05, 0.1) is 0 Å². The van der Waals surface area contributed by atoms with E-state index in [0.29, 0.717) is 18.9 Å². The van der Waals surface area contributed by atoms with Gasteiger partial charge in [-0.1, -0.05) is 6.08 Å². The highest BCUT2D eigenvalue weighted by Crippen LogP contribution is 2.21. The Kier molecular flexibility index (Phi) is 5.01. The molecule has 0 saturated carbocycles. The highest BCUT2D eigenvalue weighted by molar-refractivity contribution is 5.96. The van der Waals surface area contributed by atoms with Crippen LogP contribution in [0.4, 0.5) is 8.78 Å². The Morgan fingerprint density at radius 1 is 1.39 bits per heavy atom. The molecule has 0 radical (unpaired) electrons. The molecule has 0 saturated heterocycles. The molecule has 0 amide bonds. The van der Waals surface area contributed by atoms with Gasteiger partial charge in [0.1, 0.15) is 5.75 Å². The van der Waals surface area contributed by atoms with E-state index in [9.17, 15) is 13.6 Å². The van der Waals surface area contributed by atoms with Gasteiger partial charge < -0.3 is 4.74 Å². The zero-order valence-electron chi connectivity index (χ0n) is 10.3. The van der Waals surface area contributed by atoms with Gasteiger partial charge in [0.15, 0.2) is 5.78 Å². The number of carbonyl (C=O) groups excluding carboxylic acids is 1. The van der Waals surface area contributed by atoms with Gasteiger partial charge in [-0.15, -0.1) is 6.58 Å². The molecule has 0 N–H and O–H groups in total. The summed E-state index contributed by atoms with van der Waals surface area (Å²) in [6, 6.07) is 5.74. The Bertz CT molecular complexity index is 405. The molecule has 98 valence electrons. The molecule has 2 nitrogen and oxygen atoms in total. The number of halogens is 2. The van der Waals surface area contributed by atoms with E-state index in [1.165, 1.54) is 24.3 Å². The van der Waals surface area contributed by atoms with E-state index in [2.05, 4.69) is 11.3 Å². The molecule has 0 unspecified atom stereocenters. The predicted molar refractivity (Wildman–Crippen MR) is 66.1 cm³/mol. The van der Waals surface area contributed by atoms with Crippen molar-refractivity contribution in [3.05, 3.63) is 42.5 Å². The molecule has 0 bridgehead atoms. The van der Waals surface area contributed by atoms with Crippen LogP contribution in [0.2, 0.25) is 0 Å². The van der Waals surface area contributed by atoms with Gasteiger partial charge in [0, 0.05) is 18.9 Å². The normalized spacial score (nSPS) is 11.1. The Labute approximate surface area is 105 Å². The number of hydrogen-bond donors (Lipinski definition) is 0. The number of ketones is 1. The molecule has 0 aromatic heterocycles. The lowest BCUT2D eigenvalue weighted by atomic mass is 10.1. The zero-order valence-corrected chi connectivity index (χ0v) is 10.3. The monoisotopic (exact) mass is 254 g/mol. The first-order valence-corrected chi connectivity index (χ1v) is 5.73. The minimum atomic E-state index is -3.21. The number of carbonyl (C=O) groups is 1. The first-order chi connectivity index (χ1) is 8.42. The summed E-state index contributed by atoms with van der Waals surface area (Å²) in [6.07, 6.45) is 0.502. The SMILES string of the molecule is C=CCCCC(=O)c1ccc(OC(C)(F)F)cc1. The number of Topliss-reactive ketones (excluding diaryl/α,β-unsaturated/α-hetero) is 1. The van der Waals surface area contributed by atoms with E-state index in [1.54, 1.807) is 6.08 Å². The van der Waals surface area contributed by atoms with Crippen LogP contribution in [0, 0.1) is 0 Å². The smallest absolute Gasteiger partial charge is 0.394 e. The molecule has 0 heterocycles. The van der Waals surface area contributed by atoms with Crippen LogP contribution in [-0.2, 0) is 0 Å². The predicted octanol–water partition coefficient (Wildman–Crippen LogP) is 4.22. The second-order valence-corrected chi connectivity index (χ2v) is 4.04. The fourth-order valence-electron chi connectivity index (χ4n) is 1.47. The topological polar surface area (TPSA) is 26.3 Å². The van der Waals surface area contributed by atoms with Crippen molar-refractivity contribution in [1.29, 1.82) is 0 Å². The quantitative estimate of drug-likeness (QED) is 0.414. The second kappa shape index (κ2) is 6.28. The van der Waals surface area contributed by atoms with Crippen molar-refractivity contribution in [1.82, 2.24) is 0 Å². The number of ether oxygens (including phenoxy) is 1. The maximum Gasteiger partial charge on any atom is 0.394 e. The van der Waals surface area contributed by atoms with Crippen molar-refractivity contribution in [3.8, 4) is 5.75 Å². The van der Waals surface area contributed by atoms with Gasteiger partial charge in [0.25, 0.3) is 0 Å². The van der Waals surface area contributed by atoms with Crippen LogP contribution < -0.4 is 4.74 Å². The molecule has 0 aliphatic carbocycles. The van der Waals surface area contributed by atoms with E-state index < -0.39 is 6.11 Å². The van der Waals surface area contributed by atoms with Crippen LogP contribution in [0.1, 0.15) is 36.5 Å². The zero-order chi connectivity index (χ0) is 13.6. The van der Waals surface area contributed by atoms with Gasteiger partial charge in [-0.3, -0.25) is 4.79 Å². The largest absolute Gasteiger partial charge is 0.433 e. The van der Waals surface area contributed by atoms with Crippen LogP contribution >= 0.6 is 0 Å². The third kappa shape index (κ3) is 5.08. The maximum absolute atomic E-state index is 12.6. The summed E-state index contributed by atoms with van der Waals surface area (Å²) in [7, 11) is 0. The minimum Gasteiger partial charge on any atom is -0.433 e. The van der Waals surface area contributed by atoms with E-state index in [-0.39, 0.29) is 11.5 Å². The van der Waals surface area contributed by atoms with Gasteiger partial charge in [0.2, 0.25) is 0 Å². The molecule has 0 aliphatic heterocycles. The first-order valence-electron chi connectivity index (χ1n) is 5.73. The lowest BCUT2D eigenvalue weighted by Gasteiger charge is -2.12.